The van der Waals surface area contributed by atoms with Gasteiger partial charge in [-0.15, -0.1) is 0 Å². The average molecular weight is 263 g/mol. The molecule has 1 aromatic heterocycles. The summed E-state index contributed by atoms with van der Waals surface area (Å²) in [6, 6.07) is 9.70. The van der Waals surface area contributed by atoms with Crippen molar-refractivity contribution >= 4 is 11.6 Å². The van der Waals surface area contributed by atoms with Gasteiger partial charge >= 0.3 is 0 Å². The minimum absolute atomic E-state index is 0.259. The van der Waals surface area contributed by atoms with Gasteiger partial charge in [0.1, 0.15) is 11.5 Å². The van der Waals surface area contributed by atoms with E-state index in [1.807, 2.05) is 37.4 Å². The fourth-order valence-electron chi connectivity index (χ4n) is 1.57. The summed E-state index contributed by atoms with van der Waals surface area (Å²) >= 11 is 6.21. The number of benzene rings is 1. The lowest BCUT2D eigenvalue weighted by molar-refractivity contribution is 0.480. The molecule has 1 unspecified atom stereocenters. The Hall–Kier alpha value is -1.58. The minimum atomic E-state index is 0.259. The topological polar surface area (TPSA) is 34.1 Å². The number of aromatic nitrogens is 1. The number of ether oxygens (including phenoxy) is 1. The highest BCUT2D eigenvalue weighted by atomic mass is 35.5. The van der Waals surface area contributed by atoms with Crippen LogP contribution in [0.3, 0.4) is 0 Å². The zero-order valence-electron chi connectivity index (χ0n) is 10.4. The van der Waals surface area contributed by atoms with Crippen LogP contribution in [0.25, 0.3) is 0 Å². The van der Waals surface area contributed by atoms with Gasteiger partial charge in [-0.2, -0.15) is 0 Å². The van der Waals surface area contributed by atoms with Crippen molar-refractivity contribution in [2.24, 2.45) is 0 Å². The first kappa shape index (κ1) is 12.9. The van der Waals surface area contributed by atoms with Crippen LogP contribution >= 0.6 is 11.6 Å². The van der Waals surface area contributed by atoms with Crippen LogP contribution in [0.5, 0.6) is 11.5 Å². The highest BCUT2D eigenvalue weighted by Gasteiger charge is 2.08. The molecule has 18 heavy (non-hydrogen) atoms. The van der Waals surface area contributed by atoms with Gasteiger partial charge in [0.05, 0.1) is 11.2 Å². The fraction of sp³-hybridized carbons (Fsp3) is 0.214. The molecule has 1 aromatic carbocycles. The second-order valence-electron chi connectivity index (χ2n) is 3.99. The van der Waals surface area contributed by atoms with Gasteiger partial charge in [-0.1, -0.05) is 17.7 Å². The number of nitrogens with one attached hydrogen (secondary N) is 1. The third-order valence-electron chi connectivity index (χ3n) is 2.75. The first-order valence-electron chi connectivity index (χ1n) is 5.75. The third kappa shape index (κ3) is 3.00. The molecule has 1 N–H and O–H groups in total. The van der Waals surface area contributed by atoms with Crippen LogP contribution in [0.15, 0.2) is 42.7 Å². The van der Waals surface area contributed by atoms with Crippen LogP contribution in [-0.4, -0.2) is 12.0 Å². The Bertz CT molecular complexity index is 516. The molecule has 4 heteroatoms. The van der Waals surface area contributed by atoms with Crippen molar-refractivity contribution in [1.82, 2.24) is 10.3 Å². The van der Waals surface area contributed by atoms with Crippen molar-refractivity contribution in [1.29, 1.82) is 0 Å². The van der Waals surface area contributed by atoms with Crippen molar-refractivity contribution in [3.63, 3.8) is 0 Å². The lowest BCUT2D eigenvalue weighted by atomic mass is 10.1. The first-order valence-corrected chi connectivity index (χ1v) is 6.13. The second-order valence-corrected chi connectivity index (χ2v) is 4.40. The van der Waals surface area contributed by atoms with Crippen LogP contribution in [0.2, 0.25) is 5.02 Å². The SMILES string of the molecule is CNC(C)c1ccc(Oc2cccnc2)c(Cl)c1. The fourth-order valence-corrected chi connectivity index (χ4v) is 1.80. The summed E-state index contributed by atoms with van der Waals surface area (Å²) in [5.41, 5.74) is 1.13. The van der Waals surface area contributed by atoms with E-state index in [9.17, 15) is 0 Å². The smallest absolute Gasteiger partial charge is 0.146 e. The van der Waals surface area contributed by atoms with Crippen LogP contribution in [0, 0.1) is 0 Å². The Morgan fingerprint density at radius 3 is 2.78 bits per heavy atom. The Morgan fingerprint density at radius 1 is 1.33 bits per heavy atom. The van der Waals surface area contributed by atoms with Crippen LogP contribution in [0.4, 0.5) is 0 Å². The molecule has 0 radical (unpaired) electrons. The number of nitrogens with zero attached hydrogens (tertiary/aromatic N) is 1. The highest BCUT2D eigenvalue weighted by Crippen LogP contribution is 2.31. The first-order chi connectivity index (χ1) is 8.70. The maximum Gasteiger partial charge on any atom is 0.146 e. The molecular formula is C14H15ClN2O. The monoisotopic (exact) mass is 262 g/mol. The Morgan fingerprint density at radius 2 is 2.17 bits per heavy atom. The van der Waals surface area contributed by atoms with Gasteiger partial charge < -0.3 is 10.1 Å². The van der Waals surface area contributed by atoms with Gasteiger partial charge in [0.15, 0.2) is 0 Å². The largest absolute Gasteiger partial charge is 0.454 e. The van der Waals surface area contributed by atoms with E-state index in [4.69, 9.17) is 16.3 Å². The van der Waals surface area contributed by atoms with Crippen LogP contribution in [-0.2, 0) is 0 Å². The second kappa shape index (κ2) is 5.85. The van der Waals surface area contributed by atoms with Gasteiger partial charge in [0.25, 0.3) is 0 Å². The van der Waals surface area contributed by atoms with E-state index in [0.29, 0.717) is 16.5 Å². The molecular weight excluding hydrogens is 248 g/mol. The standard InChI is InChI=1S/C14H15ClN2O/c1-10(16-2)11-5-6-14(13(15)8-11)18-12-4-3-7-17-9-12/h3-10,16H,1-2H3. The van der Waals surface area contributed by atoms with E-state index in [1.54, 1.807) is 12.4 Å². The summed E-state index contributed by atoms with van der Waals surface area (Å²) in [6.45, 7) is 2.08. The Balaban J connectivity index is 2.20. The van der Waals surface area contributed by atoms with Gasteiger partial charge in [0.2, 0.25) is 0 Å². The average Bonchev–Trinajstić information content (AvgIpc) is 2.41. The molecule has 3 nitrogen and oxygen atoms in total. The number of halogens is 1. The maximum atomic E-state index is 6.21. The zero-order valence-corrected chi connectivity index (χ0v) is 11.1. The molecule has 2 rings (SSSR count). The number of hydrogen-bond donors (Lipinski definition) is 1. The molecule has 2 aromatic rings. The van der Waals surface area contributed by atoms with E-state index < -0.39 is 0 Å². The van der Waals surface area contributed by atoms with Crippen molar-refractivity contribution in [2.75, 3.05) is 7.05 Å². The quantitative estimate of drug-likeness (QED) is 0.910. The predicted octanol–water partition coefficient (Wildman–Crippen LogP) is 3.81. The summed E-state index contributed by atoms with van der Waals surface area (Å²) in [5, 5.41) is 3.76. The summed E-state index contributed by atoms with van der Waals surface area (Å²) < 4.78 is 5.66. The maximum absolute atomic E-state index is 6.21. The lowest BCUT2D eigenvalue weighted by Crippen LogP contribution is -2.12. The predicted molar refractivity (Wildman–Crippen MR) is 73.2 cm³/mol. The number of hydrogen-bond acceptors (Lipinski definition) is 3. The van der Waals surface area contributed by atoms with E-state index in [2.05, 4.69) is 17.2 Å². The summed E-state index contributed by atoms with van der Waals surface area (Å²) in [6.07, 6.45) is 3.35. The van der Waals surface area contributed by atoms with Gasteiger partial charge in [-0.05, 0) is 43.8 Å². The molecule has 1 atom stereocenters. The molecule has 1 heterocycles. The molecule has 0 fully saturated rings. The molecule has 0 saturated heterocycles. The number of rotatable bonds is 4. The van der Waals surface area contributed by atoms with Gasteiger partial charge in [-0.3, -0.25) is 4.98 Å². The molecule has 0 amide bonds. The molecule has 0 aliphatic rings. The number of pyridine rings is 1. The molecule has 0 saturated carbocycles. The van der Waals surface area contributed by atoms with E-state index >= 15 is 0 Å². The third-order valence-corrected chi connectivity index (χ3v) is 3.05. The van der Waals surface area contributed by atoms with Crippen molar-refractivity contribution < 1.29 is 4.74 Å². The van der Waals surface area contributed by atoms with E-state index in [0.717, 1.165) is 5.56 Å². The van der Waals surface area contributed by atoms with Gasteiger partial charge in [-0.25, -0.2) is 0 Å². The van der Waals surface area contributed by atoms with Crippen LogP contribution < -0.4 is 10.1 Å². The minimum Gasteiger partial charge on any atom is -0.454 e. The Kier molecular flexibility index (Phi) is 4.18. The summed E-state index contributed by atoms with van der Waals surface area (Å²) in [4.78, 5) is 3.99. The van der Waals surface area contributed by atoms with Crippen molar-refractivity contribution in [3.05, 3.63) is 53.3 Å². The lowest BCUT2D eigenvalue weighted by Gasteiger charge is -2.13. The van der Waals surface area contributed by atoms with Crippen molar-refractivity contribution in [3.8, 4) is 11.5 Å². The van der Waals surface area contributed by atoms with Gasteiger partial charge in [0, 0.05) is 12.2 Å². The zero-order chi connectivity index (χ0) is 13.0. The molecule has 0 bridgehead atoms. The van der Waals surface area contributed by atoms with Crippen LogP contribution in [0.1, 0.15) is 18.5 Å². The van der Waals surface area contributed by atoms with Crippen molar-refractivity contribution in [2.45, 2.75) is 13.0 Å². The molecule has 0 aliphatic heterocycles. The molecule has 0 aliphatic carbocycles. The molecule has 0 spiro atoms. The highest BCUT2D eigenvalue weighted by molar-refractivity contribution is 6.32. The molecule has 94 valence electrons. The van der Waals surface area contributed by atoms with E-state index in [-0.39, 0.29) is 6.04 Å². The normalized spacial score (nSPS) is 12.2. The Labute approximate surface area is 112 Å². The summed E-state index contributed by atoms with van der Waals surface area (Å²) in [5.74, 6) is 1.31. The summed E-state index contributed by atoms with van der Waals surface area (Å²) in [7, 11) is 1.92. The van der Waals surface area contributed by atoms with E-state index in [1.165, 1.54) is 0 Å².